The molecule has 226 valence electrons. The van der Waals surface area contributed by atoms with Crippen molar-refractivity contribution in [2.24, 2.45) is 0 Å². The van der Waals surface area contributed by atoms with Gasteiger partial charge < -0.3 is 39.7 Å². The Labute approximate surface area is 249 Å². The molecule has 0 aliphatic heterocycles. The van der Waals surface area contributed by atoms with Crippen LogP contribution in [0.3, 0.4) is 0 Å². The van der Waals surface area contributed by atoms with Gasteiger partial charge in [-0.1, -0.05) is 59.6 Å². The van der Waals surface area contributed by atoms with Crippen LogP contribution in [0.25, 0.3) is 0 Å². The standard InChI is InChI=1S/C30H36ClN3O8/c1-20-7-9-21(10-8-20)25(18-26(35)36)33-30(38)34-27-28(42-16-15-41-14-13-40-12-11-39-2)23(19-32-29(27)37)17-22-5-3-4-6-24(22)31/h3-10,19,25H,11-18H2,1-2H3,(H,32,37)(H,35,36)(H2,33,34,38)/t25-/m0/s1. The zero-order valence-corrected chi connectivity index (χ0v) is 24.4. The summed E-state index contributed by atoms with van der Waals surface area (Å²) in [4.78, 5) is 40.2. The van der Waals surface area contributed by atoms with E-state index in [9.17, 15) is 19.5 Å². The van der Waals surface area contributed by atoms with E-state index >= 15 is 0 Å². The van der Waals surface area contributed by atoms with E-state index < -0.39 is 23.6 Å². The lowest BCUT2D eigenvalue weighted by atomic mass is 10.0. The van der Waals surface area contributed by atoms with Gasteiger partial charge in [-0.05, 0) is 24.1 Å². The molecule has 4 N–H and O–H groups in total. The van der Waals surface area contributed by atoms with Crippen molar-refractivity contribution in [1.29, 1.82) is 0 Å². The summed E-state index contributed by atoms with van der Waals surface area (Å²) in [5, 5.41) is 15.2. The highest BCUT2D eigenvalue weighted by Gasteiger charge is 2.22. The van der Waals surface area contributed by atoms with Crippen LogP contribution in [0.2, 0.25) is 5.02 Å². The average Bonchev–Trinajstić information content (AvgIpc) is 2.96. The number of ether oxygens (including phenoxy) is 4. The van der Waals surface area contributed by atoms with Gasteiger partial charge in [0.05, 0.1) is 45.5 Å². The van der Waals surface area contributed by atoms with Crippen molar-refractivity contribution in [2.45, 2.75) is 25.8 Å². The summed E-state index contributed by atoms with van der Waals surface area (Å²) in [6.45, 7) is 3.86. The molecule has 0 unspecified atom stereocenters. The largest absolute Gasteiger partial charge is 0.488 e. The molecule has 0 saturated heterocycles. The molecule has 0 bridgehead atoms. The van der Waals surface area contributed by atoms with Crippen LogP contribution in [0.1, 0.15) is 34.7 Å². The molecule has 0 fully saturated rings. The number of hydrogen-bond acceptors (Lipinski definition) is 7. The van der Waals surface area contributed by atoms with Gasteiger partial charge in [-0.2, -0.15) is 0 Å². The van der Waals surface area contributed by atoms with Crippen LogP contribution in [0.4, 0.5) is 10.5 Å². The number of methoxy groups -OCH3 is 1. The predicted molar refractivity (Wildman–Crippen MR) is 159 cm³/mol. The number of benzene rings is 2. The minimum absolute atomic E-state index is 0.0817. The summed E-state index contributed by atoms with van der Waals surface area (Å²) < 4.78 is 21.8. The molecular weight excluding hydrogens is 566 g/mol. The number of aryl methyl sites for hydroxylation is 1. The number of nitrogens with one attached hydrogen (secondary N) is 3. The molecule has 3 aromatic rings. The van der Waals surface area contributed by atoms with Gasteiger partial charge in [0, 0.05) is 30.3 Å². The fraction of sp³-hybridized carbons (Fsp3) is 0.367. The number of rotatable bonds is 17. The third kappa shape index (κ3) is 10.5. The van der Waals surface area contributed by atoms with Crippen LogP contribution in [0, 0.1) is 6.92 Å². The molecule has 0 saturated carbocycles. The Bertz CT molecular complexity index is 1360. The Kier molecular flexibility index (Phi) is 13.3. The van der Waals surface area contributed by atoms with E-state index in [-0.39, 0.29) is 31.1 Å². The minimum Gasteiger partial charge on any atom is -0.488 e. The summed E-state index contributed by atoms with van der Waals surface area (Å²) >= 11 is 6.38. The molecule has 1 aromatic heterocycles. The second kappa shape index (κ2) is 17.1. The molecule has 12 heteroatoms. The zero-order valence-electron chi connectivity index (χ0n) is 23.6. The topological polar surface area (TPSA) is 148 Å². The molecule has 42 heavy (non-hydrogen) atoms. The van der Waals surface area contributed by atoms with Crippen molar-refractivity contribution < 1.29 is 33.6 Å². The molecular formula is C30H36ClN3O8. The van der Waals surface area contributed by atoms with Gasteiger partial charge in [0.2, 0.25) is 0 Å². The summed E-state index contributed by atoms with van der Waals surface area (Å²) in [5.74, 6) is -0.938. The highest BCUT2D eigenvalue weighted by Crippen LogP contribution is 2.29. The maximum absolute atomic E-state index is 13.1. The number of aromatic nitrogens is 1. The maximum atomic E-state index is 13.1. The number of carboxylic acid groups (broad SMARTS) is 1. The highest BCUT2D eigenvalue weighted by molar-refractivity contribution is 6.31. The number of aliphatic carboxylic acids is 1. The number of hydrogen-bond donors (Lipinski definition) is 4. The number of amides is 2. The molecule has 2 aromatic carbocycles. The summed E-state index contributed by atoms with van der Waals surface area (Å²) in [6.07, 6.45) is 1.46. The van der Waals surface area contributed by atoms with Crippen molar-refractivity contribution in [2.75, 3.05) is 52.1 Å². The number of carbonyl (C=O) groups excluding carboxylic acids is 1. The Morgan fingerprint density at radius 1 is 0.952 bits per heavy atom. The van der Waals surface area contributed by atoms with Gasteiger partial charge in [-0.15, -0.1) is 0 Å². The highest BCUT2D eigenvalue weighted by atomic mass is 35.5. The maximum Gasteiger partial charge on any atom is 0.319 e. The second-order valence-corrected chi connectivity index (χ2v) is 9.75. The van der Waals surface area contributed by atoms with Gasteiger partial charge in [0.25, 0.3) is 5.56 Å². The van der Waals surface area contributed by atoms with E-state index in [0.717, 1.165) is 11.1 Å². The summed E-state index contributed by atoms with van der Waals surface area (Å²) in [7, 11) is 1.59. The van der Waals surface area contributed by atoms with Crippen LogP contribution in [-0.4, -0.2) is 68.8 Å². The lowest BCUT2D eigenvalue weighted by Crippen LogP contribution is -2.35. The van der Waals surface area contributed by atoms with Crippen LogP contribution >= 0.6 is 11.6 Å². The van der Waals surface area contributed by atoms with Crippen molar-refractivity contribution in [3.63, 3.8) is 0 Å². The van der Waals surface area contributed by atoms with Crippen molar-refractivity contribution in [1.82, 2.24) is 10.3 Å². The van der Waals surface area contributed by atoms with E-state index in [4.69, 9.17) is 30.5 Å². The first-order chi connectivity index (χ1) is 20.3. The second-order valence-electron chi connectivity index (χ2n) is 9.34. The van der Waals surface area contributed by atoms with Gasteiger partial charge >= 0.3 is 12.0 Å². The SMILES string of the molecule is COCCOCCOCCOc1c(Cc2ccccc2Cl)c[nH]c(=O)c1NC(=O)N[C@@H](CC(=O)O)c1ccc(C)cc1. The molecule has 0 aliphatic carbocycles. The molecule has 1 heterocycles. The number of carbonyl (C=O) groups is 2. The molecule has 1 atom stereocenters. The lowest BCUT2D eigenvalue weighted by Gasteiger charge is -2.20. The number of anilines is 1. The zero-order chi connectivity index (χ0) is 30.3. The Balaban J connectivity index is 1.78. The molecule has 2 amide bonds. The van der Waals surface area contributed by atoms with Crippen LogP contribution in [0.15, 0.2) is 59.5 Å². The smallest absolute Gasteiger partial charge is 0.319 e. The van der Waals surface area contributed by atoms with Gasteiger partial charge in [0.1, 0.15) is 6.61 Å². The minimum atomic E-state index is -1.09. The van der Waals surface area contributed by atoms with Gasteiger partial charge in [-0.25, -0.2) is 4.79 Å². The number of urea groups is 1. The van der Waals surface area contributed by atoms with Gasteiger partial charge in [0.15, 0.2) is 11.4 Å². The first-order valence-electron chi connectivity index (χ1n) is 13.4. The Morgan fingerprint density at radius 2 is 1.62 bits per heavy atom. The number of halogens is 1. The van der Waals surface area contributed by atoms with Gasteiger partial charge in [-0.3, -0.25) is 9.59 Å². The third-order valence-corrected chi connectivity index (χ3v) is 6.51. The summed E-state index contributed by atoms with van der Waals surface area (Å²) in [6, 6.07) is 12.8. The average molecular weight is 602 g/mol. The molecule has 3 rings (SSSR count). The molecule has 0 spiro atoms. The van der Waals surface area contributed by atoms with Crippen LogP contribution in [-0.2, 0) is 25.4 Å². The van der Waals surface area contributed by atoms with E-state index in [1.54, 1.807) is 25.3 Å². The van der Waals surface area contributed by atoms with E-state index in [1.165, 1.54) is 6.20 Å². The monoisotopic (exact) mass is 601 g/mol. The normalized spacial score (nSPS) is 11.6. The molecule has 0 aliphatic rings. The van der Waals surface area contributed by atoms with Crippen LogP contribution < -0.4 is 20.9 Å². The summed E-state index contributed by atoms with van der Waals surface area (Å²) in [5.41, 5.74) is 2.24. The third-order valence-electron chi connectivity index (χ3n) is 6.14. The number of pyridine rings is 1. The van der Waals surface area contributed by atoms with E-state index in [1.807, 2.05) is 37.3 Å². The van der Waals surface area contributed by atoms with Crippen molar-refractivity contribution >= 4 is 29.3 Å². The van der Waals surface area contributed by atoms with E-state index in [0.29, 0.717) is 49.0 Å². The van der Waals surface area contributed by atoms with Crippen molar-refractivity contribution in [3.8, 4) is 5.75 Å². The lowest BCUT2D eigenvalue weighted by molar-refractivity contribution is -0.137. The molecule has 11 nitrogen and oxygen atoms in total. The first-order valence-corrected chi connectivity index (χ1v) is 13.8. The Hall–Kier alpha value is -3.90. The quantitative estimate of drug-likeness (QED) is 0.167. The number of aromatic amines is 1. The predicted octanol–water partition coefficient (Wildman–Crippen LogP) is 4.32. The fourth-order valence-electron chi connectivity index (χ4n) is 4.01. The Morgan fingerprint density at radius 3 is 2.29 bits per heavy atom. The van der Waals surface area contributed by atoms with E-state index in [2.05, 4.69) is 15.6 Å². The number of H-pyrrole nitrogens is 1. The molecule has 0 radical (unpaired) electrons. The van der Waals surface area contributed by atoms with Crippen molar-refractivity contribution in [3.05, 3.63) is 92.4 Å². The fourth-order valence-corrected chi connectivity index (χ4v) is 4.21. The van der Waals surface area contributed by atoms with Crippen LogP contribution in [0.5, 0.6) is 5.75 Å². The number of carboxylic acids is 1. The first kappa shape index (κ1) is 32.6.